The SMILES string of the molecule is Cc1cc(C)n2nc(-c3ccc(Cl)cc3)c(Br)c2n1. The van der Waals surface area contributed by atoms with Gasteiger partial charge >= 0.3 is 0 Å². The van der Waals surface area contributed by atoms with Crippen molar-refractivity contribution >= 4 is 33.2 Å². The second kappa shape index (κ2) is 4.62. The highest BCUT2D eigenvalue weighted by atomic mass is 79.9. The van der Waals surface area contributed by atoms with E-state index in [0.717, 1.165) is 32.8 Å². The number of fused-ring (bicyclic) bond motifs is 1. The zero-order valence-electron chi connectivity index (χ0n) is 10.5. The van der Waals surface area contributed by atoms with E-state index < -0.39 is 0 Å². The fourth-order valence-corrected chi connectivity index (χ4v) is 2.78. The van der Waals surface area contributed by atoms with Gasteiger partial charge < -0.3 is 0 Å². The summed E-state index contributed by atoms with van der Waals surface area (Å²) in [6, 6.07) is 9.64. The average molecular weight is 337 g/mol. The Hall–Kier alpha value is -1.39. The standard InChI is InChI=1S/C14H11BrClN3/c1-8-7-9(2)19-14(17-8)12(15)13(18-19)10-3-5-11(16)6-4-10/h3-7H,1-2H3. The Morgan fingerprint density at radius 1 is 1.16 bits per heavy atom. The van der Waals surface area contributed by atoms with Crippen molar-refractivity contribution in [2.45, 2.75) is 13.8 Å². The van der Waals surface area contributed by atoms with Crippen LogP contribution in [0, 0.1) is 13.8 Å². The number of hydrogen-bond acceptors (Lipinski definition) is 2. The Balaban J connectivity index is 2.28. The fraction of sp³-hybridized carbons (Fsp3) is 0.143. The van der Waals surface area contributed by atoms with Crippen molar-refractivity contribution in [3.8, 4) is 11.3 Å². The molecule has 3 nitrogen and oxygen atoms in total. The van der Waals surface area contributed by atoms with E-state index in [4.69, 9.17) is 11.6 Å². The van der Waals surface area contributed by atoms with Gasteiger partial charge in [0.25, 0.3) is 0 Å². The van der Waals surface area contributed by atoms with Crippen LogP contribution in [-0.4, -0.2) is 14.6 Å². The van der Waals surface area contributed by atoms with Gasteiger partial charge in [-0.25, -0.2) is 9.50 Å². The van der Waals surface area contributed by atoms with Crippen LogP contribution < -0.4 is 0 Å². The van der Waals surface area contributed by atoms with Gasteiger partial charge in [-0.2, -0.15) is 5.10 Å². The second-order valence-corrected chi connectivity index (χ2v) is 5.67. The number of hydrogen-bond donors (Lipinski definition) is 0. The number of nitrogens with zero attached hydrogens (tertiary/aromatic N) is 3. The minimum absolute atomic E-state index is 0.716. The summed E-state index contributed by atoms with van der Waals surface area (Å²) < 4.78 is 2.75. The van der Waals surface area contributed by atoms with Crippen molar-refractivity contribution in [2.24, 2.45) is 0 Å². The molecule has 0 atom stereocenters. The molecule has 0 aliphatic heterocycles. The molecule has 0 N–H and O–H groups in total. The van der Waals surface area contributed by atoms with Gasteiger partial charge in [0.05, 0.1) is 4.47 Å². The van der Waals surface area contributed by atoms with Crippen molar-refractivity contribution in [1.82, 2.24) is 14.6 Å². The Kier molecular flexibility index (Phi) is 3.07. The molecule has 0 aliphatic carbocycles. The van der Waals surface area contributed by atoms with Gasteiger partial charge in [-0.3, -0.25) is 0 Å². The van der Waals surface area contributed by atoms with Gasteiger partial charge in [-0.15, -0.1) is 0 Å². The molecule has 19 heavy (non-hydrogen) atoms. The molecular weight excluding hydrogens is 326 g/mol. The monoisotopic (exact) mass is 335 g/mol. The molecule has 0 amide bonds. The van der Waals surface area contributed by atoms with Gasteiger partial charge in [0.1, 0.15) is 5.69 Å². The first-order valence-electron chi connectivity index (χ1n) is 5.84. The first kappa shape index (κ1) is 12.6. The van der Waals surface area contributed by atoms with Gasteiger partial charge in [0.15, 0.2) is 5.65 Å². The first-order valence-corrected chi connectivity index (χ1v) is 7.02. The van der Waals surface area contributed by atoms with Crippen LogP contribution in [0.2, 0.25) is 5.02 Å². The van der Waals surface area contributed by atoms with Crippen LogP contribution in [0.3, 0.4) is 0 Å². The summed E-state index contributed by atoms with van der Waals surface area (Å²) in [7, 11) is 0. The van der Waals surface area contributed by atoms with E-state index in [0.29, 0.717) is 5.02 Å². The van der Waals surface area contributed by atoms with Crippen molar-refractivity contribution in [2.75, 3.05) is 0 Å². The van der Waals surface area contributed by atoms with Crippen LogP contribution in [0.4, 0.5) is 0 Å². The molecule has 3 aromatic rings. The maximum absolute atomic E-state index is 5.91. The van der Waals surface area contributed by atoms with E-state index in [1.807, 2.05) is 48.7 Å². The summed E-state index contributed by atoms with van der Waals surface area (Å²) in [5.41, 5.74) is 4.76. The van der Waals surface area contributed by atoms with Crippen LogP contribution >= 0.6 is 27.5 Å². The van der Waals surface area contributed by atoms with Crippen LogP contribution in [-0.2, 0) is 0 Å². The van der Waals surface area contributed by atoms with E-state index in [1.165, 1.54) is 0 Å². The number of halogens is 2. The second-order valence-electron chi connectivity index (χ2n) is 4.44. The molecular formula is C14H11BrClN3. The Labute approximate surface area is 124 Å². The lowest BCUT2D eigenvalue weighted by molar-refractivity contribution is 0.889. The Bertz CT molecular complexity index is 762. The molecule has 0 fully saturated rings. The van der Waals surface area contributed by atoms with Gasteiger partial charge in [0.2, 0.25) is 0 Å². The number of aryl methyl sites for hydroxylation is 2. The van der Waals surface area contributed by atoms with Crippen molar-refractivity contribution in [1.29, 1.82) is 0 Å². The molecule has 1 aromatic carbocycles. The van der Waals surface area contributed by atoms with Gasteiger partial charge in [-0.05, 0) is 48.0 Å². The van der Waals surface area contributed by atoms with Crippen molar-refractivity contribution in [3.05, 3.63) is 51.2 Å². The topological polar surface area (TPSA) is 30.2 Å². The van der Waals surface area contributed by atoms with E-state index in [9.17, 15) is 0 Å². The highest BCUT2D eigenvalue weighted by molar-refractivity contribution is 9.10. The Morgan fingerprint density at radius 3 is 2.53 bits per heavy atom. The summed E-state index contributed by atoms with van der Waals surface area (Å²) in [5, 5.41) is 5.33. The Morgan fingerprint density at radius 2 is 1.84 bits per heavy atom. The summed E-state index contributed by atoms with van der Waals surface area (Å²) in [6.45, 7) is 4.00. The van der Waals surface area contributed by atoms with Crippen LogP contribution in [0.1, 0.15) is 11.4 Å². The maximum atomic E-state index is 5.91. The van der Waals surface area contributed by atoms with Crippen molar-refractivity contribution < 1.29 is 0 Å². The lowest BCUT2D eigenvalue weighted by Crippen LogP contribution is -1.97. The van der Waals surface area contributed by atoms with Crippen LogP contribution in [0.5, 0.6) is 0 Å². The van der Waals surface area contributed by atoms with Gasteiger partial charge in [-0.1, -0.05) is 23.7 Å². The molecule has 3 rings (SSSR count). The third-order valence-corrected chi connectivity index (χ3v) is 3.94. The molecule has 0 saturated heterocycles. The zero-order chi connectivity index (χ0) is 13.6. The molecule has 2 heterocycles. The molecule has 0 radical (unpaired) electrons. The summed E-state index contributed by atoms with van der Waals surface area (Å²) >= 11 is 9.51. The largest absolute Gasteiger partial charge is 0.233 e. The smallest absolute Gasteiger partial charge is 0.170 e. The highest BCUT2D eigenvalue weighted by Gasteiger charge is 2.14. The fourth-order valence-electron chi connectivity index (χ4n) is 2.09. The third kappa shape index (κ3) is 2.15. The molecule has 96 valence electrons. The lowest BCUT2D eigenvalue weighted by Gasteiger charge is -1.99. The van der Waals surface area contributed by atoms with Crippen molar-refractivity contribution in [3.63, 3.8) is 0 Å². The minimum atomic E-state index is 0.716. The molecule has 0 spiro atoms. The third-order valence-electron chi connectivity index (χ3n) is 2.96. The van der Waals surface area contributed by atoms with Crippen LogP contribution in [0.25, 0.3) is 16.9 Å². The van der Waals surface area contributed by atoms with E-state index in [2.05, 4.69) is 26.0 Å². The van der Waals surface area contributed by atoms with E-state index >= 15 is 0 Å². The van der Waals surface area contributed by atoms with E-state index in [1.54, 1.807) is 0 Å². The number of benzene rings is 1. The highest BCUT2D eigenvalue weighted by Crippen LogP contribution is 2.31. The zero-order valence-corrected chi connectivity index (χ0v) is 12.8. The van der Waals surface area contributed by atoms with Crippen LogP contribution in [0.15, 0.2) is 34.8 Å². The number of aromatic nitrogens is 3. The predicted octanol–water partition coefficient (Wildman–Crippen LogP) is 4.43. The first-order chi connectivity index (χ1) is 9.06. The number of rotatable bonds is 1. The lowest BCUT2D eigenvalue weighted by atomic mass is 10.1. The minimum Gasteiger partial charge on any atom is -0.233 e. The maximum Gasteiger partial charge on any atom is 0.170 e. The van der Waals surface area contributed by atoms with Gasteiger partial charge in [0, 0.05) is 22.0 Å². The molecule has 0 aliphatic rings. The summed E-state index contributed by atoms with van der Waals surface area (Å²) in [6.07, 6.45) is 0. The molecule has 0 bridgehead atoms. The molecule has 0 unspecified atom stereocenters. The molecule has 5 heteroatoms. The quantitative estimate of drug-likeness (QED) is 0.658. The molecule has 2 aromatic heterocycles. The summed E-state index contributed by atoms with van der Waals surface area (Å²) in [5.74, 6) is 0. The normalized spacial score (nSPS) is 11.2. The van der Waals surface area contributed by atoms with E-state index in [-0.39, 0.29) is 0 Å². The molecule has 0 saturated carbocycles. The summed E-state index contributed by atoms with van der Waals surface area (Å²) in [4.78, 5) is 4.53. The average Bonchev–Trinajstić information content (AvgIpc) is 2.69. The predicted molar refractivity (Wildman–Crippen MR) is 80.6 cm³/mol.